The first kappa shape index (κ1) is 13.2. The van der Waals surface area contributed by atoms with Gasteiger partial charge in [0.15, 0.2) is 0 Å². The van der Waals surface area contributed by atoms with Gasteiger partial charge in [-0.25, -0.2) is 4.39 Å². The largest absolute Gasteiger partial charge is 0.323 e. The topological polar surface area (TPSA) is 29.1 Å². The molecule has 1 rings (SSSR count). The molecule has 0 heterocycles. The Morgan fingerprint density at radius 1 is 1.44 bits per heavy atom. The molecule has 0 spiro atoms. The number of rotatable bonds is 3. The quantitative estimate of drug-likeness (QED) is 0.847. The number of aryl methyl sites for hydroxylation is 1. The lowest BCUT2D eigenvalue weighted by Gasteiger charge is -2.14. The zero-order valence-electron chi connectivity index (χ0n) is 9.55. The van der Waals surface area contributed by atoms with E-state index in [0.29, 0.717) is 0 Å². The van der Waals surface area contributed by atoms with E-state index in [-0.39, 0.29) is 22.3 Å². The fourth-order valence-corrected chi connectivity index (χ4v) is 1.34. The first-order valence-corrected chi connectivity index (χ1v) is 6.04. The Kier molecular flexibility index (Phi) is 4.47. The van der Waals surface area contributed by atoms with Crippen LogP contribution in [0.4, 0.5) is 10.1 Å². The maximum Gasteiger partial charge on any atom is 0.238 e. The monoisotopic (exact) mass is 287 g/mol. The number of hydrogen-bond donors (Lipinski definition) is 1. The van der Waals surface area contributed by atoms with Crippen LogP contribution < -0.4 is 5.32 Å². The van der Waals surface area contributed by atoms with Crippen LogP contribution in [0.3, 0.4) is 0 Å². The van der Waals surface area contributed by atoms with Crippen molar-refractivity contribution in [2.45, 2.75) is 25.6 Å². The fraction of sp³-hybridized carbons (Fsp3) is 0.417. The molecule has 0 aliphatic heterocycles. The predicted octanol–water partition coefficient (Wildman–Crippen LogP) is 3.49. The van der Waals surface area contributed by atoms with Gasteiger partial charge in [0.25, 0.3) is 0 Å². The minimum absolute atomic E-state index is 0.161. The number of alkyl halides is 1. The van der Waals surface area contributed by atoms with E-state index >= 15 is 0 Å². The second kappa shape index (κ2) is 5.43. The molecule has 0 fully saturated rings. The van der Waals surface area contributed by atoms with Crippen LogP contribution in [-0.4, -0.2) is 10.7 Å². The summed E-state index contributed by atoms with van der Waals surface area (Å²) in [6, 6.07) is 4.73. The molecule has 1 unspecified atom stereocenters. The summed E-state index contributed by atoms with van der Waals surface area (Å²) < 4.78 is 13.4. The predicted molar refractivity (Wildman–Crippen MR) is 67.3 cm³/mol. The highest BCUT2D eigenvalue weighted by Gasteiger charge is 2.19. The molecule has 0 bridgehead atoms. The molecule has 4 heteroatoms. The summed E-state index contributed by atoms with van der Waals surface area (Å²) in [4.78, 5) is 11.4. The van der Waals surface area contributed by atoms with E-state index < -0.39 is 5.82 Å². The van der Waals surface area contributed by atoms with Crippen LogP contribution in [-0.2, 0) is 4.79 Å². The molecule has 0 radical (unpaired) electrons. The number of halogens is 2. The van der Waals surface area contributed by atoms with Gasteiger partial charge < -0.3 is 5.32 Å². The summed E-state index contributed by atoms with van der Waals surface area (Å²) in [5.41, 5.74) is 1.05. The van der Waals surface area contributed by atoms with Gasteiger partial charge in [0.1, 0.15) is 5.82 Å². The van der Waals surface area contributed by atoms with Crippen LogP contribution in [0, 0.1) is 18.7 Å². The molecule has 1 atom stereocenters. The number of amides is 1. The summed E-state index contributed by atoms with van der Waals surface area (Å²) in [7, 11) is 0. The van der Waals surface area contributed by atoms with Crippen molar-refractivity contribution in [1.82, 2.24) is 0 Å². The summed E-state index contributed by atoms with van der Waals surface area (Å²) in [5.74, 6) is -0.469. The third kappa shape index (κ3) is 3.30. The van der Waals surface area contributed by atoms with Gasteiger partial charge in [-0.1, -0.05) is 35.8 Å². The second-order valence-corrected chi connectivity index (χ2v) is 5.10. The van der Waals surface area contributed by atoms with Gasteiger partial charge in [0, 0.05) is 0 Å². The molecule has 1 aromatic rings. The minimum Gasteiger partial charge on any atom is -0.323 e. The lowest BCUT2D eigenvalue weighted by Crippen LogP contribution is -2.27. The van der Waals surface area contributed by atoms with Crippen molar-refractivity contribution < 1.29 is 9.18 Å². The van der Waals surface area contributed by atoms with E-state index in [4.69, 9.17) is 0 Å². The Hall–Kier alpha value is -0.900. The molecule has 0 saturated carbocycles. The maximum absolute atomic E-state index is 13.4. The molecule has 1 amide bonds. The highest BCUT2D eigenvalue weighted by atomic mass is 79.9. The molecular weight excluding hydrogens is 273 g/mol. The van der Waals surface area contributed by atoms with Gasteiger partial charge in [0.05, 0.1) is 10.5 Å². The average Bonchev–Trinajstić information content (AvgIpc) is 2.20. The summed E-state index contributed by atoms with van der Waals surface area (Å²) in [5, 5.41) is 2.56. The average molecular weight is 288 g/mol. The van der Waals surface area contributed by atoms with Crippen LogP contribution in [0.1, 0.15) is 19.4 Å². The molecule has 88 valence electrons. The molecule has 16 heavy (non-hydrogen) atoms. The second-order valence-electron chi connectivity index (χ2n) is 4.12. The Morgan fingerprint density at radius 3 is 2.56 bits per heavy atom. The smallest absolute Gasteiger partial charge is 0.238 e. The zero-order valence-corrected chi connectivity index (χ0v) is 11.1. The number of anilines is 1. The van der Waals surface area contributed by atoms with Crippen LogP contribution in [0.25, 0.3) is 0 Å². The van der Waals surface area contributed by atoms with Crippen LogP contribution >= 0.6 is 15.9 Å². The standard InChI is InChI=1S/C12H15BrFNO/c1-7(2)11(13)12(16)15-10-5-4-8(3)6-9(10)14/h4-7,11H,1-3H3,(H,15,16). The molecular formula is C12H15BrFNO. The normalized spacial score (nSPS) is 12.6. The molecule has 1 N–H and O–H groups in total. The first-order chi connectivity index (χ1) is 7.41. The van der Waals surface area contributed by atoms with Crippen molar-refractivity contribution in [3.8, 4) is 0 Å². The van der Waals surface area contributed by atoms with E-state index in [2.05, 4.69) is 21.2 Å². The van der Waals surface area contributed by atoms with Gasteiger partial charge in [-0.05, 0) is 30.5 Å². The summed E-state index contributed by atoms with van der Waals surface area (Å²) >= 11 is 3.27. The van der Waals surface area contributed by atoms with E-state index in [0.717, 1.165) is 5.56 Å². The van der Waals surface area contributed by atoms with E-state index in [9.17, 15) is 9.18 Å². The van der Waals surface area contributed by atoms with Crippen molar-refractivity contribution >= 4 is 27.5 Å². The summed E-state index contributed by atoms with van der Waals surface area (Å²) in [6.45, 7) is 5.64. The maximum atomic E-state index is 13.4. The zero-order chi connectivity index (χ0) is 12.3. The van der Waals surface area contributed by atoms with E-state index in [1.807, 2.05) is 13.8 Å². The highest BCUT2D eigenvalue weighted by Crippen LogP contribution is 2.18. The number of nitrogens with one attached hydrogen (secondary N) is 1. The Morgan fingerprint density at radius 2 is 2.06 bits per heavy atom. The van der Waals surface area contributed by atoms with Crippen molar-refractivity contribution in [2.75, 3.05) is 5.32 Å². The van der Waals surface area contributed by atoms with Crippen molar-refractivity contribution in [2.24, 2.45) is 5.92 Å². The highest BCUT2D eigenvalue weighted by molar-refractivity contribution is 9.10. The Labute approximate surface area is 103 Å². The number of benzene rings is 1. The van der Waals surface area contributed by atoms with Crippen molar-refractivity contribution in [1.29, 1.82) is 0 Å². The molecule has 0 aromatic heterocycles. The van der Waals surface area contributed by atoms with Crippen molar-refractivity contribution in [3.05, 3.63) is 29.6 Å². The fourth-order valence-electron chi connectivity index (χ4n) is 1.23. The van der Waals surface area contributed by atoms with Crippen LogP contribution in [0.5, 0.6) is 0 Å². The lowest BCUT2D eigenvalue weighted by atomic mass is 10.1. The molecule has 0 aliphatic carbocycles. The van der Waals surface area contributed by atoms with Gasteiger partial charge in [0.2, 0.25) is 5.91 Å². The van der Waals surface area contributed by atoms with Crippen LogP contribution in [0.2, 0.25) is 0 Å². The molecule has 1 aromatic carbocycles. The molecule has 2 nitrogen and oxygen atoms in total. The third-order valence-electron chi connectivity index (χ3n) is 2.22. The third-order valence-corrected chi connectivity index (χ3v) is 3.69. The van der Waals surface area contributed by atoms with Gasteiger partial charge in [-0.2, -0.15) is 0 Å². The van der Waals surface area contributed by atoms with Crippen LogP contribution in [0.15, 0.2) is 18.2 Å². The van der Waals surface area contributed by atoms with E-state index in [1.165, 1.54) is 6.07 Å². The Bertz CT molecular complexity index is 393. The Balaban J connectivity index is 2.77. The summed E-state index contributed by atoms with van der Waals surface area (Å²) in [6.07, 6.45) is 0. The lowest BCUT2D eigenvalue weighted by molar-refractivity contribution is -0.116. The van der Waals surface area contributed by atoms with Gasteiger partial charge >= 0.3 is 0 Å². The minimum atomic E-state index is -0.406. The number of carbonyl (C=O) groups is 1. The SMILES string of the molecule is Cc1ccc(NC(=O)C(Br)C(C)C)c(F)c1. The molecule has 0 saturated heterocycles. The number of hydrogen-bond acceptors (Lipinski definition) is 1. The number of carbonyl (C=O) groups excluding carboxylic acids is 1. The van der Waals surface area contributed by atoms with Crippen molar-refractivity contribution in [3.63, 3.8) is 0 Å². The van der Waals surface area contributed by atoms with Gasteiger partial charge in [-0.3, -0.25) is 4.79 Å². The first-order valence-electron chi connectivity index (χ1n) is 5.13. The molecule has 0 aliphatic rings. The van der Waals surface area contributed by atoms with Gasteiger partial charge in [-0.15, -0.1) is 0 Å². The van der Waals surface area contributed by atoms with E-state index in [1.54, 1.807) is 19.1 Å².